The molecule has 2 heterocycles. The molecule has 5 rings (SSSR count). The van der Waals surface area contributed by atoms with Crippen LogP contribution in [0.25, 0.3) is 10.9 Å². The Morgan fingerprint density at radius 1 is 1.05 bits per heavy atom. The molecule has 41 heavy (non-hydrogen) atoms. The maximum Gasteiger partial charge on any atom is 0.273 e. The van der Waals surface area contributed by atoms with Gasteiger partial charge in [-0.15, -0.1) is 0 Å². The van der Waals surface area contributed by atoms with E-state index in [4.69, 9.17) is 16.2 Å². The SMILES string of the molecule is COc1ccc(CNC(=O)[C@H](c2c[nH]c3ccccc23)N(C(=O)c2snc(C(N)=O)c2N)c2ccccc2C)cc1. The van der Waals surface area contributed by atoms with Crippen molar-refractivity contribution >= 4 is 51.5 Å². The molecule has 0 radical (unpaired) electrons. The monoisotopic (exact) mass is 568 g/mol. The first-order valence-electron chi connectivity index (χ1n) is 12.7. The van der Waals surface area contributed by atoms with E-state index in [2.05, 4.69) is 14.7 Å². The molecule has 208 valence electrons. The quantitative estimate of drug-likeness (QED) is 0.207. The summed E-state index contributed by atoms with van der Waals surface area (Å²) in [4.78, 5) is 45.0. The number of nitrogens with two attached hydrogens (primary N) is 2. The number of hydrogen-bond donors (Lipinski definition) is 4. The minimum Gasteiger partial charge on any atom is -0.497 e. The fourth-order valence-electron chi connectivity index (χ4n) is 4.68. The number of amides is 3. The summed E-state index contributed by atoms with van der Waals surface area (Å²) in [6, 6.07) is 21.0. The maximum atomic E-state index is 14.3. The van der Waals surface area contributed by atoms with E-state index in [0.717, 1.165) is 33.6 Å². The highest BCUT2D eigenvalue weighted by Gasteiger charge is 2.37. The first kappa shape index (κ1) is 27.4. The van der Waals surface area contributed by atoms with Crippen LogP contribution in [0.5, 0.6) is 5.75 Å². The van der Waals surface area contributed by atoms with Crippen LogP contribution in [0.2, 0.25) is 0 Å². The Morgan fingerprint density at radius 2 is 1.76 bits per heavy atom. The number of nitrogens with zero attached hydrogens (tertiary/aromatic N) is 2. The van der Waals surface area contributed by atoms with Crippen molar-refractivity contribution < 1.29 is 19.1 Å². The second kappa shape index (κ2) is 11.5. The normalized spacial score (nSPS) is 11.7. The Morgan fingerprint density at radius 3 is 2.44 bits per heavy atom. The fourth-order valence-corrected chi connectivity index (χ4v) is 5.43. The van der Waals surface area contributed by atoms with Gasteiger partial charge in [-0.1, -0.05) is 48.5 Å². The lowest BCUT2D eigenvalue weighted by Gasteiger charge is -2.32. The number of H-pyrrole nitrogens is 1. The maximum absolute atomic E-state index is 14.3. The number of hydrogen-bond acceptors (Lipinski definition) is 7. The number of ether oxygens (including phenoxy) is 1. The van der Waals surface area contributed by atoms with E-state index in [1.807, 2.05) is 67.6 Å². The van der Waals surface area contributed by atoms with Crippen LogP contribution in [0.3, 0.4) is 0 Å². The Balaban J connectivity index is 1.64. The average molecular weight is 569 g/mol. The van der Waals surface area contributed by atoms with Crippen LogP contribution in [0, 0.1) is 6.92 Å². The van der Waals surface area contributed by atoms with Gasteiger partial charge in [-0.2, -0.15) is 4.37 Å². The number of fused-ring (bicyclic) bond motifs is 1. The molecule has 0 fully saturated rings. The van der Waals surface area contributed by atoms with Gasteiger partial charge in [-0.25, -0.2) is 0 Å². The highest BCUT2D eigenvalue weighted by molar-refractivity contribution is 7.09. The van der Waals surface area contributed by atoms with Gasteiger partial charge in [0.15, 0.2) is 5.69 Å². The van der Waals surface area contributed by atoms with Crippen LogP contribution in [-0.2, 0) is 11.3 Å². The van der Waals surface area contributed by atoms with Crippen molar-refractivity contribution in [2.45, 2.75) is 19.5 Å². The second-order valence-corrected chi connectivity index (χ2v) is 10.1. The predicted molar refractivity (Wildman–Crippen MR) is 159 cm³/mol. The van der Waals surface area contributed by atoms with Gasteiger partial charge in [-0.05, 0) is 53.8 Å². The smallest absolute Gasteiger partial charge is 0.273 e. The van der Waals surface area contributed by atoms with Gasteiger partial charge in [0, 0.05) is 34.9 Å². The molecule has 0 aliphatic carbocycles. The molecule has 2 aromatic heterocycles. The third kappa shape index (κ3) is 5.35. The van der Waals surface area contributed by atoms with E-state index in [-0.39, 0.29) is 22.8 Å². The van der Waals surface area contributed by atoms with E-state index >= 15 is 0 Å². The third-order valence-corrected chi connectivity index (χ3v) is 7.65. The topological polar surface area (TPSA) is 156 Å². The van der Waals surface area contributed by atoms with E-state index in [9.17, 15) is 14.4 Å². The zero-order valence-corrected chi connectivity index (χ0v) is 23.2. The number of anilines is 2. The molecule has 0 unspecified atom stereocenters. The molecule has 1 atom stereocenters. The Kier molecular flexibility index (Phi) is 7.70. The summed E-state index contributed by atoms with van der Waals surface area (Å²) in [5.74, 6) is -1.15. The summed E-state index contributed by atoms with van der Waals surface area (Å²) in [5, 5.41) is 3.77. The zero-order chi connectivity index (χ0) is 29.1. The van der Waals surface area contributed by atoms with Gasteiger partial charge in [0.2, 0.25) is 5.91 Å². The number of carbonyl (C=O) groups is 3. The van der Waals surface area contributed by atoms with Gasteiger partial charge in [-0.3, -0.25) is 19.3 Å². The molecule has 3 aromatic carbocycles. The van der Waals surface area contributed by atoms with E-state index in [1.54, 1.807) is 25.4 Å². The first-order chi connectivity index (χ1) is 19.8. The number of primary amides is 1. The highest BCUT2D eigenvalue weighted by Crippen LogP contribution is 2.37. The van der Waals surface area contributed by atoms with Gasteiger partial charge in [0.05, 0.1) is 12.8 Å². The van der Waals surface area contributed by atoms with Crippen LogP contribution in [0.4, 0.5) is 11.4 Å². The molecule has 11 heteroatoms. The molecule has 0 saturated carbocycles. The third-order valence-electron chi connectivity index (χ3n) is 6.80. The molecule has 3 amide bonds. The summed E-state index contributed by atoms with van der Waals surface area (Å²) in [6.07, 6.45) is 1.73. The van der Waals surface area contributed by atoms with Crippen LogP contribution >= 0.6 is 11.5 Å². The van der Waals surface area contributed by atoms with Crippen LogP contribution in [-0.4, -0.2) is 34.2 Å². The number of para-hydroxylation sites is 2. The van der Waals surface area contributed by atoms with Crippen molar-refractivity contribution in [1.29, 1.82) is 0 Å². The molecule has 10 nitrogen and oxygen atoms in total. The molecular weight excluding hydrogens is 540 g/mol. The summed E-state index contributed by atoms with van der Waals surface area (Å²) in [7, 11) is 1.59. The number of aryl methyl sites for hydroxylation is 1. The number of benzene rings is 3. The minimum atomic E-state index is -1.11. The lowest BCUT2D eigenvalue weighted by molar-refractivity contribution is -0.122. The molecule has 0 bridgehead atoms. The van der Waals surface area contributed by atoms with Gasteiger partial charge in [0.25, 0.3) is 11.8 Å². The number of aromatic nitrogens is 2. The largest absolute Gasteiger partial charge is 0.497 e. The number of nitrogens with one attached hydrogen (secondary N) is 2. The van der Waals surface area contributed by atoms with E-state index in [1.165, 1.54) is 4.90 Å². The molecule has 0 spiro atoms. The Hall–Kier alpha value is -5.16. The Labute approximate surface area is 240 Å². The number of rotatable bonds is 9. The van der Waals surface area contributed by atoms with Gasteiger partial charge >= 0.3 is 0 Å². The fraction of sp³-hybridized carbons (Fsp3) is 0.133. The molecule has 5 aromatic rings. The van der Waals surface area contributed by atoms with Crippen molar-refractivity contribution in [1.82, 2.24) is 14.7 Å². The zero-order valence-electron chi connectivity index (χ0n) is 22.4. The predicted octanol–water partition coefficient (Wildman–Crippen LogP) is 4.33. The molecule has 0 aliphatic rings. The molecular formula is C30H28N6O4S. The van der Waals surface area contributed by atoms with Crippen LogP contribution in [0.15, 0.2) is 79.0 Å². The lowest BCUT2D eigenvalue weighted by Crippen LogP contribution is -2.44. The van der Waals surface area contributed by atoms with Crippen molar-refractivity contribution in [2.75, 3.05) is 17.7 Å². The number of nitrogen functional groups attached to an aromatic ring is 1. The number of carbonyl (C=O) groups excluding carboxylic acids is 3. The van der Waals surface area contributed by atoms with Crippen molar-refractivity contribution in [3.63, 3.8) is 0 Å². The average Bonchev–Trinajstić information content (AvgIpc) is 3.58. The van der Waals surface area contributed by atoms with Gasteiger partial charge < -0.3 is 26.5 Å². The van der Waals surface area contributed by atoms with E-state index < -0.39 is 23.8 Å². The van der Waals surface area contributed by atoms with Crippen molar-refractivity contribution in [3.05, 3.63) is 106 Å². The second-order valence-electron chi connectivity index (χ2n) is 9.36. The minimum absolute atomic E-state index is 0.00912. The van der Waals surface area contributed by atoms with Crippen molar-refractivity contribution in [3.8, 4) is 5.75 Å². The van der Waals surface area contributed by atoms with Crippen LogP contribution in [0.1, 0.15) is 42.9 Å². The lowest BCUT2D eigenvalue weighted by atomic mass is 10.0. The highest BCUT2D eigenvalue weighted by atomic mass is 32.1. The summed E-state index contributed by atoms with van der Waals surface area (Å²) >= 11 is 0.767. The molecule has 6 N–H and O–H groups in total. The first-order valence-corrected chi connectivity index (χ1v) is 13.5. The summed E-state index contributed by atoms with van der Waals surface area (Å²) < 4.78 is 9.25. The standard InChI is InChI=1S/C30H28N6O4S/c1-17-7-3-6-10-23(17)36(30(39)27-24(31)25(28(32)37)35-41-27)26(21-16-33-22-9-5-4-8-20(21)22)29(38)34-15-18-11-13-19(40-2)14-12-18/h3-14,16,26,33H,15,31H2,1-2H3,(H2,32,37)(H,34,38)/t26-/m0/s1. The Bertz CT molecular complexity index is 1740. The van der Waals surface area contributed by atoms with Crippen LogP contribution < -0.4 is 26.4 Å². The number of methoxy groups -OCH3 is 1. The van der Waals surface area contributed by atoms with Gasteiger partial charge in [0.1, 0.15) is 16.7 Å². The molecule has 0 aliphatic heterocycles. The van der Waals surface area contributed by atoms with E-state index in [0.29, 0.717) is 17.0 Å². The summed E-state index contributed by atoms with van der Waals surface area (Å²) in [6.45, 7) is 2.06. The summed E-state index contributed by atoms with van der Waals surface area (Å²) in [5.41, 5.74) is 14.8. The number of aromatic amines is 1. The van der Waals surface area contributed by atoms with Crippen molar-refractivity contribution in [2.24, 2.45) is 5.73 Å². The molecule has 0 saturated heterocycles.